The van der Waals surface area contributed by atoms with Crippen LogP contribution in [0.15, 0.2) is 83.0 Å². The van der Waals surface area contributed by atoms with E-state index < -0.39 is 0 Å². The molecule has 2 amide bonds. The van der Waals surface area contributed by atoms with Gasteiger partial charge in [-0.25, -0.2) is 0 Å². The van der Waals surface area contributed by atoms with Gasteiger partial charge in [0.05, 0.1) is 23.4 Å². The van der Waals surface area contributed by atoms with Gasteiger partial charge in [-0.05, 0) is 54.1 Å². The van der Waals surface area contributed by atoms with Crippen molar-refractivity contribution in [3.05, 3.63) is 110 Å². The Morgan fingerprint density at radius 2 is 1.85 bits per heavy atom. The van der Waals surface area contributed by atoms with Gasteiger partial charge in [0.15, 0.2) is 0 Å². The topological polar surface area (TPSA) is 92.7 Å². The van der Waals surface area contributed by atoms with Crippen molar-refractivity contribution in [2.45, 2.75) is 25.4 Å². The highest BCUT2D eigenvalue weighted by Crippen LogP contribution is 2.39. The Morgan fingerprint density at radius 1 is 0.975 bits per heavy atom. The first-order chi connectivity index (χ1) is 19.5. The number of piperidine rings is 1. The van der Waals surface area contributed by atoms with E-state index in [1.54, 1.807) is 31.4 Å². The Labute approximate surface area is 236 Å². The molecule has 40 heavy (non-hydrogen) atoms. The number of methoxy groups -OCH3 is 1. The summed E-state index contributed by atoms with van der Waals surface area (Å²) in [5.41, 5.74) is 3.90. The first-order valence-corrected chi connectivity index (χ1v) is 14.2. The number of nitrogens with zero attached hydrogens (tertiary/aromatic N) is 2. The minimum absolute atomic E-state index is 0.0491. The van der Waals surface area contributed by atoms with Crippen LogP contribution in [0, 0.1) is 5.92 Å². The molecule has 1 saturated heterocycles. The Bertz CT molecular complexity index is 1610. The van der Waals surface area contributed by atoms with Gasteiger partial charge >= 0.3 is 0 Å². The van der Waals surface area contributed by atoms with E-state index in [1.807, 2.05) is 58.5 Å². The lowest BCUT2D eigenvalue weighted by Gasteiger charge is -2.44. The summed E-state index contributed by atoms with van der Waals surface area (Å²) in [6.45, 7) is 2.48. The number of amides is 2. The first kappa shape index (κ1) is 25.9. The summed E-state index contributed by atoms with van der Waals surface area (Å²) >= 11 is 1.37. The number of pyridine rings is 1. The molecule has 2 atom stereocenters. The fraction of sp³-hybridized carbons (Fsp3) is 0.258. The molecule has 204 valence electrons. The summed E-state index contributed by atoms with van der Waals surface area (Å²) in [6, 6.07) is 22.1. The third kappa shape index (κ3) is 5.12. The van der Waals surface area contributed by atoms with E-state index >= 15 is 0 Å². The zero-order chi connectivity index (χ0) is 27.6. The number of fused-ring (bicyclic) bond motifs is 4. The molecule has 4 aromatic rings. The minimum atomic E-state index is -0.243. The van der Waals surface area contributed by atoms with Crippen LogP contribution in [0.25, 0.3) is 0 Å². The normalized spacial score (nSPS) is 17.6. The number of para-hydroxylation sites is 1. The van der Waals surface area contributed by atoms with Crippen LogP contribution in [-0.4, -0.2) is 36.6 Å². The molecular weight excluding hydrogens is 524 g/mol. The van der Waals surface area contributed by atoms with Crippen LogP contribution in [-0.2, 0) is 13.1 Å². The summed E-state index contributed by atoms with van der Waals surface area (Å²) in [5.74, 6) is 0.786. The Hall–Kier alpha value is -4.37. The molecular formula is C31H30N4O4S. The molecule has 0 spiro atoms. The molecule has 0 radical (unpaired) electrons. The van der Waals surface area contributed by atoms with Gasteiger partial charge in [0.2, 0.25) is 0 Å². The van der Waals surface area contributed by atoms with Crippen molar-refractivity contribution in [1.29, 1.82) is 0 Å². The van der Waals surface area contributed by atoms with E-state index in [0.29, 0.717) is 40.9 Å². The zero-order valence-corrected chi connectivity index (χ0v) is 22.9. The van der Waals surface area contributed by atoms with Crippen molar-refractivity contribution in [3.63, 3.8) is 0 Å². The molecule has 2 aromatic heterocycles. The zero-order valence-electron chi connectivity index (χ0n) is 22.1. The fourth-order valence-corrected chi connectivity index (χ4v) is 6.48. The molecule has 0 aliphatic carbocycles. The number of aromatic nitrogens is 1. The molecule has 8 nitrogen and oxygen atoms in total. The van der Waals surface area contributed by atoms with Gasteiger partial charge in [0, 0.05) is 55.0 Å². The number of carbonyl (C=O) groups is 2. The van der Waals surface area contributed by atoms with Crippen LogP contribution in [0.3, 0.4) is 0 Å². The molecule has 0 saturated carbocycles. The van der Waals surface area contributed by atoms with Crippen LogP contribution >= 0.6 is 11.3 Å². The van der Waals surface area contributed by atoms with Crippen LogP contribution in [0.2, 0.25) is 0 Å². The summed E-state index contributed by atoms with van der Waals surface area (Å²) in [4.78, 5) is 41.6. The summed E-state index contributed by atoms with van der Waals surface area (Å²) in [5, 5.41) is 7.90. The maximum absolute atomic E-state index is 13.2. The Kier molecular flexibility index (Phi) is 7.13. The lowest BCUT2D eigenvalue weighted by Crippen LogP contribution is -2.47. The highest BCUT2D eigenvalue weighted by molar-refractivity contribution is 7.12. The van der Waals surface area contributed by atoms with Crippen LogP contribution in [0.5, 0.6) is 5.75 Å². The van der Waals surface area contributed by atoms with Gasteiger partial charge in [-0.2, -0.15) is 0 Å². The molecule has 2 aromatic carbocycles. The predicted molar refractivity (Wildman–Crippen MR) is 157 cm³/mol. The van der Waals surface area contributed by atoms with Crippen molar-refractivity contribution in [3.8, 4) is 5.75 Å². The summed E-state index contributed by atoms with van der Waals surface area (Å²) < 4.78 is 7.31. The van der Waals surface area contributed by atoms with Crippen molar-refractivity contribution < 1.29 is 14.3 Å². The van der Waals surface area contributed by atoms with E-state index in [1.165, 1.54) is 11.3 Å². The second-order valence-corrected chi connectivity index (χ2v) is 11.2. The van der Waals surface area contributed by atoms with Gasteiger partial charge in [-0.3, -0.25) is 14.4 Å². The summed E-state index contributed by atoms with van der Waals surface area (Å²) in [6.07, 6.45) is 1.03. The van der Waals surface area contributed by atoms with E-state index in [4.69, 9.17) is 4.74 Å². The van der Waals surface area contributed by atoms with E-state index in [0.717, 1.165) is 36.5 Å². The first-order valence-electron chi connectivity index (χ1n) is 13.3. The van der Waals surface area contributed by atoms with Crippen molar-refractivity contribution >= 4 is 34.5 Å². The molecule has 4 heterocycles. The molecule has 6 rings (SSSR count). The van der Waals surface area contributed by atoms with Gasteiger partial charge in [0.25, 0.3) is 17.4 Å². The highest BCUT2D eigenvalue weighted by Gasteiger charge is 2.35. The maximum atomic E-state index is 13.2. The third-order valence-corrected chi connectivity index (χ3v) is 8.57. The quantitative estimate of drug-likeness (QED) is 0.345. The lowest BCUT2D eigenvalue weighted by molar-refractivity contribution is 0.0949. The predicted octanol–water partition coefficient (Wildman–Crippen LogP) is 4.72. The second-order valence-electron chi connectivity index (χ2n) is 10.3. The lowest BCUT2D eigenvalue weighted by atomic mass is 9.83. The number of carbonyl (C=O) groups excluding carboxylic acids is 2. The van der Waals surface area contributed by atoms with Crippen LogP contribution < -0.4 is 25.8 Å². The molecule has 2 aliphatic heterocycles. The summed E-state index contributed by atoms with van der Waals surface area (Å²) in [7, 11) is 1.60. The second kappa shape index (κ2) is 11.0. The number of ether oxygens (including phenoxy) is 1. The largest absolute Gasteiger partial charge is 0.496 e. The van der Waals surface area contributed by atoms with Gasteiger partial charge in [0.1, 0.15) is 5.75 Å². The smallest absolute Gasteiger partial charge is 0.265 e. The number of thiophene rings is 1. The highest BCUT2D eigenvalue weighted by atomic mass is 32.1. The van der Waals surface area contributed by atoms with Gasteiger partial charge < -0.3 is 24.8 Å². The van der Waals surface area contributed by atoms with Crippen LogP contribution in [0.4, 0.5) is 11.4 Å². The van der Waals surface area contributed by atoms with Gasteiger partial charge in [-0.15, -0.1) is 11.3 Å². The average Bonchev–Trinajstić information content (AvgIpc) is 3.52. The third-order valence-electron chi connectivity index (χ3n) is 7.70. The number of hydrogen-bond acceptors (Lipinski definition) is 6. The molecule has 2 aliphatic rings. The number of rotatable bonds is 7. The van der Waals surface area contributed by atoms with Gasteiger partial charge in [-0.1, -0.05) is 30.3 Å². The standard InChI is InChI=1S/C31H30N4O4S/c1-39-27-8-3-2-6-22(27)16-32-30(37)21-11-12-26(24(15-21)33-31(38)28-9-5-13-40-28)34-17-20-14-23(19-34)25-7-4-10-29(36)35(25)18-20/h2-13,15,20,23H,14,16-19H2,1H3,(H,32,37)(H,33,38)/t20-,23+/m1/s1. The number of anilines is 2. The molecule has 2 bridgehead atoms. The SMILES string of the molecule is COc1ccccc1CNC(=O)c1ccc(N2C[C@H]3C[C@@H](C2)c2cccc(=O)n2C3)c(NC(=O)c2cccs2)c1. The molecule has 0 unspecified atom stereocenters. The molecule has 2 N–H and O–H groups in total. The fourth-order valence-electron chi connectivity index (χ4n) is 5.86. The minimum Gasteiger partial charge on any atom is -0.496 e. The maximum Gasteiger partial charge on any atom is 0.265 e. The number of benzene rings is 2. The van der Waals surface area contributed by atoms with Crippen molar-refractivity contribution in [2.24, 2.45) is 5.92 Å². The average molecular weight is 555 g/mol. The van der Waals surface area contributed by atoms with Crippen molar-refractivity contribution in [1.82, 2.24) is 9.88 Å². The van der Waals surface area contributed by atoms with Crippen LogP contribution in [0.1, 0.15) is 43.6 Å². The Balaban J connectivity index is 1.28. The number of hydrogen-bond donors (Lipinski definition) is 2. The monoisotopic (exact) mass is 554 g/mol. The number of nitrogens with one attached hydrogen (secondary N) is 2. The van der Waals surface area contributed by atoms with E-state index in [9.17, 15) is 14.4 Å². The van der Waals surface area contributed by atoms with Crippen molar-refractivity contribution in [2.75, 3.05) is 30.4 Å². The molecule has 9 heteroatoms. The Morgan fingerprint density at radius 3 is 2.67 bits per heavy atom. The van der Waals surface area contributed by atoms with E-state index in [-0.39, 0.29) is 23.3 Å². The van der Waals surface area contributed by atoms with E-state index in [2.05, 4.69) is 15.5 Å². The molecule has 1 fully saturated rings.